The largest absolute Gasteiger partial charge is 0.495 e. The number of nitrogens with zero attached hydrogens (tertiary/aromatic N) is 3. The molecule has 1 heterocycles. The van der Waals surface area contributed by atoms with E-state index >= 15 is 0 Å². The highest BCUT2D eigenvalue weighted by atomic mass is 35.5. The van der Waals surface area contributed by atoms with Crippen molar-refractivity contribution in [2.45, 2.75) is 18.2 Å². The Balaban J connectivity index is 0.00000320. The molecule has 1 aliphatic rings. The summed E-state index contributed by atoms with van der Waals surface area (Å²) in [4.78, 5) is 20.5. The van der Waals surface area contributed by atoms with Crippen LogP contribution in [0.15, 0.2) is 47.4 Å². The summed E-state index contributed by atoms with van der Waals surface area (Å²) < 4.78 is 5.54. The molecule has 0 bridgehead atoms. The zero-order valence-corrected chi connectivity index (χ0v) is 19.9. The van der Waals surface area contributed by atoms with Gasteiger partial charge >= 0.3 is 0 Å². The van der Waals surface area contributed by atoms with Crippen LogP contribution >= 0.6 is 24.2 Å². The lowest BCUT2D eigenvalue weighted by atomic mass is 10.1. The summed E-state index contributed by atoms with van der Waals surface area (Å²) in [5.41, 5.74) is 3.01. The molecule has 0 aromatic heterocycles. The highest BCUT2D eigenvalue weighted by Crippen LogP contribution is 2.36. The molecule has 0 atom stereocenters. The number of anilines is 2. The normalized spacial score (nSPS) is 13.6. The van der Waals surface area contributed by atoms with Crippen LogP contribution in [0.4, 0.5) is 11.4 Å². The molecule has 30 heavy (non-hydrogen) atoms. The van der Waals surface area contributed by atoms with Gasteiger partial charge < -0.3 is 19.4 Å². The molecule has 0 saturated carbocycles. The maximum Gasteiger partial charge on any atom is 0.255 e. The van der Waals surface area contributed by atoms with Crippen molar-refractivity contribution >= 4 is 41.5 Å². The number of ether oxygens (including phenoxy) is 1. The van der Waals surface area contributed by atoms with Crippen LogP contribution in [0.3, 0.4) is 0 Å². The number of methoxy groups -OCH3 is 1. The van der Waals surface area contributed by atoms with Gasteiger partial charge in [0, 0.05) is 45.2 Å². The van der Waals surface area contributed by atoms with Crippen LogP contribution in [0.2, 0.25) is 0 Å². The molecule has 0 aliphatic carbocycles. The van der Waals surface area contributed by atoms with E-state index in [-0.39, 0.29) is 18.3 Å². The second-order valence-corrected chi connectivity index (χ2v) is 8.48. The van der Waals surface area contributed by atoms with E-state index in [1.54, 1.807) is 12.0 Å². The van der Waals surface area contributed by atoms with Crippen LogP contribution in [-0.4, -0.2) is 63.9 Å². The van der Waals surface area contributed by atoms with E-state index in [4.69, 9.17) is 4.74 Å². The first-order valence-corrected chi connectivity index (χ1v) is 11.2. The lowest BCUT2D eigenvalue weighted by molar-refractivity contribution is 0.0828. The monoisotopic (exact) mass is 449 g/mol. The van der Waals surface area contributed by atoms with E-state index in [2.05, 4.69) is 34.9 Å². The molecule has 2 aromatic rings. The number of benzene rings is 2. The fourth-order valence-electron chi connectivity index (χ4n) is 3.65. The summed E-state index contributed by atoms with van der Waals surface area (Å²) in [7, 11) is 5.35. The van der Waals surface area contributed by atoms with Gasteiger partial charge in [0.2, 0.25) is 0 Å². The number of amides is 1. The molecule has 5 nitrogen and oxygen atoms in total. The quantitative estimate of drug-likeness (QED) is 0.575. The third kappa shape index (κ3) is 5.35. The molecule has 0 radical (unpaired) electrons. The molecule has 0 spiro atoms. The first kappa shape index (κ1) is 24.2. The van der Waals surface area contributed by atoms with Gasteiger partial charge in [0.15, 0.2) is 0 Å². The highest BCUT2D eigenvalue weighted by molar-refractivity contribution is 7.99. The van der Waals surface area contributed by atoms with Gasteiger partial charge in [-0.25, -0.2) is 0 Å². The molecule has 3 rings (SSSR count). The summed E-state index contributed by atoms with van der Waals surface area (Å²) in [5, 5.41) is 0. The van der Waals surface area contributed by atoms with Crippen LogP contribution in [0, 0.1) is 0 Å². The van der Waals surface area contributed by atoms with Crippen molar-refractivity contribution in [1.29, 1.82) is 0 Å². The summed E-state index contributed by atoms with van der Waals surface area (Å²) in [6, 6.07) is 14.3. The Bertz CT molecular complexity index is 839. The number of piperazine rings is 1. The smallest absolute Gasteiger partial charge is 0.255 e. The van der Waals surface area contributed by atoms with Crippen molar-refractivity contribution in [2.75, 3.05) is 62.9 Å². The minimum absolute atomic E-state index is 0. The Kier molecular flexibility index (Phi) is 9.18. The van der Waals surface area contributed by atoms with Gasteiger partial charge in [-0.3, -0.25) is 4.79 Å². The summed E-state index contributed by atoms with van der Waals surface area (Å²) in [6.07, 6.45) is 1.11. The molecule has 1 aliphatic heterocycles. The lowest BCUT2D eigenvalue weighted by Gasteiger charge is -2.39. The van der Waals surface area contributed by atoms with E-state index in [1.807, 2.05) is 50.1 Å². The summed E-state index contributed by atoms with van der Waals surface area (Å²) in [5.74, 6) is 2.02. The van der Waals surface area contributed by atoms with E-state index in [0.717, 1.165) is 61.0 Å². The predicted molar refractivity (Wildman–Crippen MR) is 130 cm³/mol. The molecule has 1 saturated heterocycles. The van der Waals surface area contributed by atoms with Gasteiger partial charge in [-0.15, -0.1) is 24.2 Å². The number of rotatable bonds is 7. The van der Waals surface area contributed by atoms with Crippen molar-refractivity contribution in [3.8, 4) is 5.75 Å². The topological polar surface area (TPSA) is 36.0 Å². The van der Waals surface area contributed by atoms with Crippen LogP contribution in [0.25, 0.3) is 0 Å². The SMILES string of the molecule is CCCSc1cccc(C(=O)N(C)C)c1N1CCN(c2ccccc2OC)CC1.Cl. The fourth-order valence-corrected chi connectivity index (χ4v) is 4.63. The number of carbonyl (C=O) groups excluding carboxylic acids is 1. The Hall–Kier alpha value is -2.05. The standard InChI is InChI=1S/C23H31N3O2S.ClH/c1-5-17-29-21-12-8-9-18(23(27)24(2)3)22(21)26-15-13-25(14-16-26)19-10-6-7-11-20(19)28-4;/h6-12H,5,13-17H2,1-4H3;1H. The Labute approximate surface area is 190 Å². The Morgan fingerprint density at radius 3 is 2.33 bits per heavy atom. The Morgan fingerprint density at radius 2 is 1.70 bits per heavy atom. The van der Waals surface area contributed by atoms with Crippen LogP contribution in [0.1, 0.15) is 23.7 Å². The van der Waals surface area contributed by atoms with E-state index in [1.165, 1.54) is 4.90 Å². The number of halogens is 1. The molecule has 0 unspecified atom stereocenters. The minimum Gasteiger partial charge on any atom is -0.495 e. The number of carbonyl (C=O) groups is 1. The Morgan fingerprint density at radius 1 is 1.03 bits per heavy atom. The summed E-state index contributed by atoms with van der Waals surface area (Å²) in [6.45, 7) is 5.71. The van der Waals surface area contributed by atoms with Crippen molar-refractivity contribution < 1.29 is 9.53 Å². The van der Waals surface area contributed by atoms with Gasteiger partial charge in [0.1, 0.15) is 5.75 Å². The van der Waals surface area contributed by atoms with Crippen LogP contribution in [0.5, 0.6) is 5.75 Å². The fraction of sp³-hybridized carbons (Fsp3) is 0.435. The number of hydrogen-bond acceptors (Lipinski definition) is 5. The molecule has 1 amide bonds. The number of para-hydroxylation sites is 3. The minimum atomic E-state index is 0. The van der Waals surface area contributed by atoms with Crippen LogP contribution < -0.4 is 14.5 Å². The maximum absolute atomic E-state index is 12.9. The average molecular weight is 450 g/mol. The lowest BCUT2D eigenvalue weighted by Crippen LogP contribution is -2.47. The van der Waals surface area contributed by atoms with Crippen molar-refractivity contribution in [1.82, 2.24) is 4.90 Å². The predicted octanol–water partition coefficient (Wildman–Crippen LogP) is 4.65. The number of thioether (sulfide) groups is 1. The van der Waals surface area contributed by atoms with E-state index in [0.29, 0.717) is 0 Å². The van der Waals surface area contributed by atoms with Crippen molar-refractivity contribution in [3.63, 3.8) is 0 Å². The molecule has 164 valence electrons. The summed E-state index contributed by atoms with van der Waals surface area (Å²) >= 11 is 1.84. The average Bonchev–Trinajstić information content (AvgIpc) is 2.76. The van der Waals surface area contributed by atoms with Gasteiger partial charge in [-0.2, -0.15) is 0 Å². The first-order valence-electron chi connectivity index (χ1n) is 10.2. The molecule has 7 heteroatoms. The second kappa shape index (κ2) is 11.4. The van der Waals surface area contributed by atoms with E-state index in [9.17, 15) is 4.79 Å². The second-order valence-electron chi connectivity index (χ2n) is 7.35. The third-order valence-corrected chi connectivity index (χ3v) is 6.37. The highest BCUT2D eigenvalue weighted by Gasteiger charge is 2.26. The molecular weight excluding hydrogens is 418 g/mol. The van der Waals surface area contributed by atoms with Gasteiger partial charge in [-0.1, -0.05) is 25.1 Å². The molecule has 1 fully saturated rings. The molecule has 0 N–H and O–H groups in total. The van der Waals surface area contributed by atoms with E-state index < -0.39 is 0 Å². The zero-order chi connectivity index (χ0) is 20.8. The third-order valence-electron chi connectivity index (χ3n) is 5.12. The molecular formula is C23H32ClN3O2S. The van der Waals surface area contributed by atoms with Gasteiger partial charge in [0.05, 0.1) is 24.0 Å². The first-order chi connectivity index (χ1) is 14.1. The van der Waals surface area contributed by atoms with Gasteiger partial charge in [-0.05, 0) is 36.4 Å². The molecule has 2 aromatic carbocycles. The van der Waals surface area contributed by atoms with Gasteiger partial charge in [0.25, 0.3) is 5.91 Å². The number of hydrogen-bond donors (Lipinski definition) is 0. The van der Waals surface area contributed by atoms with Crippen molar-refractivity contribution in [3.05, 3.63) is 48.0 Å². The van der Waals surface area contributed by atoms with Crippen molar-refractivity contribution in [2.24, 2.45) is 0 Å². The van der Waals surface area contributed by atoms with Crippen LogP contribution in [-0.2, 0) is 0 Å². The zero-order valence-electron chi connectivity index (χ0n) is 18.3. The maximum atomic E-state index is 12.9.